The number of hydrogen-bond acceptors (Lipinski definition) is 0. The molecule has 328 valence electrons. The zero-order valence-electron chi connectivity index (χ0n) is 38.5. The summed E-state index contributed by atoms with van der Waals surface area (Å²) in [5.74, 6) is 0. The Kier molecular flexibility index (Phi) is 9.28. The molecule has 0 N–H and O–H groups in total. The van der Waals surface area contributed by atoms with E-state index >= 15 is 0 Å². The summed E-state index contributed by atoms with van der Waals surface area (Å²) in [6.45, 7) is 0. The Balaban J connectivity index is 1.06. The smallest absolute Gasteiger partial charge is 0.179 e. The minimum Gasteiger partial charge on any atom is -0.309 e. The molecule has 0 unspecified atom stereocenters. The van der Waals surface area contributed by atoms with E-state index in [1.54, 1.807) is 0 Å². The third kappa shape index (κ3) is 5.72. The second-order valence-electron chi connectivity index (χ2n) is 18.7. The lowest BCUT2D eigenvalue weighted by molar-refractivity contribution is 1.17. The van der Waals surface area contributed by atoms with Crippen LogP contribution < -0.4 is 41.5 Å². The van der Waals surface area contributed by atoms with Crippen molar-refractivity contribution >= 4 is 101 Å². The Bertz CT molecular complexity index is 4030. The largest absolute Gasteiger partial charge is 0.309 e. The minimum absolute atomic E-state index is 1.15. The first-order chi connectivity index (χ1) is 34.8. The fraction of sp³-hybridized carbons (Fsp3) is 0. The lowest BCUT2D eigenvalue weighted by Gasteiger charge is -2.48. The number of para-hydroxylation sites is 3. The van der Waals surface area contributed by atoms with E-state index in [0.717, 1.165) is 5.69 Å². The van der Waals surface area contributed by atoms with Crippen molar-refractivity contribution < 1.29 is 0 Å². The van der Waals surface area contributed by atoms with Crippen LogP contribution in [0.1, 0.15) is 0 Å². The number of fused-ring (bicyclic) bond motifs is 8. The van der Waals surface area contributed by atoms with Gasteiger partial charge in [-0.25, -0.2) is 0 Å². The topological polar surface area (TPSA) is 9.86 Å². The molecule has 3 heterocycles. The zero-order valence-corrected chi connectivity index (χ0v) is 40.5. The molecule has 13 aromatic rings. The van der Waals surface area contributed by atoms with Crippen LogP contribution in [-0.2, 0) is 0 Å². The Hall–Kier alpha value is -8.55. The van der Waals surface area contributed by atoms with Crippen LogP contribution in [0.4, 0.5) is 0 Å². The molecule has 0 spiro atoms. The van der Waals surface area contributed by atoms with Gasteiger partial charge in [-0.1, -0.05) is 237 Å². The normalized spacial score (nSPS) is 13.7. The van der Waals surface area contributed by atoms with Crippen LogP contribution in [0.3, 0.4) is 0 Å². The molecule has 70 heavy (non-hydrogen) atoms. The predicted molar refractivity (Wildman–Crippen MR) is 301 cm³/mol. The molecule has 0 aliphatic carbocycles. The molecule has 1 aliphatic rings. The van der Waals surface area contributed by atoms with Crippen molar-refractivity contribution in [2.45, 2.75) is 0 Å². The van der Waals surface area contributed by atoms with Gasteiger partial charge in [0, 0.05) is 32.8 Å². The van der Waals surface area contributed by atoms with Crippen molar-refractivity contribution in [3.8, 4) is 22.5 Å². The van der Waals surface area contributed by atoms with Gasteiger partial charge in [0.1, 0.15) is 0 Å². The third-order valence-corrected chi connectivity index (χ3v) is 25.6. The predicted octanol–water partition coefficient (Wildman–Crippen LogP) is 10.6. The highest BCUT2D eigenvalue weighted by Gasteiger charge is 2.56. The summed E-state index contributed by atoms with van der Waals surface area (Å²) in [7, 11) is -5.89. The van der Waals surface area contributed by atoms with Gasteiger partial charge in [0.05, 0.1) is 27.8 Å². The Morgan fingerprint density at radius 3 is 1.23 bits per heavy atom. The molecule has 2 nitrogen and oxygen atoms in total. The molecule has 14 rings (SSSR count). The van der Waals surface area contributed by atoms with E-state index in [4.69, 9.17) is 0 Å². The standard InChI is InChI=1S/C66H46N2Si2/c1-5-23-47(24-6-1)53-31-13-16-34-58(53)68-60-36-18-15-33-55(60)57-45-48(41-44-61(57)68)67-59-35-17-14-32-54(59)56-43-42-52(46-62(56)67)70(51-29-11-4-12-30-51)65-39-21-19-37-63(65)69(49-25-7-2-8-26-49,50-27-9-3-10-28-50)64-38-20-22-40-66(64)70/h1-46H. The zero-order chi connectivity index (χ0) is 46.2. The molecule has 0 atom stereocenters. The second kappa shape index (κ2) is 16.0. The Morgan fingerprint density at radius 2 is 0.657 bits per heavy atom. The monoisotopic (exact) mass is 922 g/mol. The van der Waals surface area contributed by atoms with E-state index in [2.05, 4.69) is 288 Å². The maximum Gasteiger partial charge on any atom is 0.179 e. The summed E-state index contributed by atoms with van der Waals surface area (Å²) in [6, 6.07) is 106. The van der Waals surface area contributed by atoms with E-state index in [1.807, 2.05) is 0 Å². The maximum absolute atomic E-state index is 3.05. The summed E-state index contributed by atoms with van der Waals surface area (Å²) >= 11 is 0. The van der Waals surface area contributed by atoms with Crippen LogP contribution in [0.2, 0.25) is 0 Å². The van der Waals surface area contributed by atoms with Gasteiger partial charge in [-0.3, -0.25) is 0 Å². The highest BCUT2D eigenvalue weighted by atomic mass is 28.3. The lowest BCUT2D eigenvalue weighted by Crippen LogP contribution is -2.93. The van der Waals surface area contributed by atoms with Gasteiger partial charge >= 0.3 is 0 Å². The van der Waals surface area contributed by atoms with E-state index in [9.17, 15) is 0 Å². The quantitative estimate of drug-likeness (QED) is 0.141. The molecule has 4 heteroatoms. The summed E-state index contributed by atoms with van der Waals surface area (Å²) in [5, 5.41) is 16.5. The number of benzene rings is 11. The molecule has 11 aromatic carbocycles. The highest BCUT2D eigenvalue weighted by molar-refractivity contribution is 7.33. The summed E-state index contributed by atoms with van der Waals surface area (Å²) in [5.41, 5.74) is 9.53. The third-order valence-electron chi connectivity index (χ3n) is 15.3. The first-order valence-corrected chi connectivity index (χ1v) is 28.3. The average Bonchev–Trinajstić information content (AvgIpc) is 3.95. The molecule has 0 saturated heterocycles. The fourth-order valence-electron chi connectivity index (χ4n) is 12.6. The molecular weight excluding hydrogens is 877 g/mol. The van der Waals surface area contributed by atoms with Crippen LogP contribution in [0, 0.1) is 0 Å². The van der Waals surface area contributed by atoms with E-state index in [-0.39, 0.29) is 0 Å². The number of aromatic nitrogens is 2. The van der Waals surface area contributed by atoms with Gasteiger partial charge in [0.15, 0.2) is 16.1 Å². The molecule has 2 aromatic heterocycles. The SMILES string of the molecule is c1ccc(-c2ccccc2-n2c3ccccc3c3cc(-n4c5ccccc5c5ccc([Si]6(c7ccccc7)c7ccccc7[Si](c7ccccc7)(c7ccccc7)c7ccccc76)cc54)ccc32)cc1. The number of hydrogen-bond donors (Lipinski definition) is 0. The van der Waals surface area contributed by atoms with Crippen molar-refractivity contribution in [1.82, 2.24) is 9.13 Å². The van der Waals surface area contributed by atoms with Crippen molar-refractivity contribution in [2.24, 2.45) is 0 Å². The minimum atomic E-state index is -3.05. The van der Waals surface area contributed by atoms with Gasteiger partial charge in [0.2, 0.25) is 0 Å². The lowest BCUT2D eigenvalue weighted by atomic mass is 10.0. The average molecular weight is 923 g/mol. The summed E-state index contributed by atoms with van der Waals surface area (Å²) < 4.78 is 5.00. The van der Waals surface area contributed by atoms with Gasteiger partial charge < -0.3 is 9.13 Å². The first kappa shape index (κ1) is 40.5. The van der Waals surface area contributed by atoms with Crippen molar-refractivity contribution in [3.05, 3.63) is 279 Å². The van der Waals surface area contributed by atoms with E-state index in [0.29, 0.717) is 0 Å². The Labute approximate surface area is 409 Å². The molecule has 0 bridgehead atoms. The molecule has 0 saturated carbocycles. The van der Waals surface area contributed by atoms with Gasteiger partial charge in [-0.2, -0.15) is 0 Å². The number of rotatable bonds is 7. The van der Waals surface area contributed by atoms with Crippen LogP contribution in [0.5, 0.6) is 0 Å². The highest BCUT2D eigenvalue weighted by Crippen LogP contribution is 2.39. The van der Waals surface area contributed by atoms with Crippen molar-refractivity contribution in [1.29, 1.82) is 0 Å². The van der Waals surface area contributed by atoms with E-state index < -0.39 is 16.1 Å². The van der Waals surface area contributed by atoms with Crippen LogP contribution in [0.25, 0.3) is 66.1 Å². The first-order valence-electron chi connectivity index (χ1n) is 24.3. The molecule has 1 aliphatic heterocycles. The molecular formula is C66H46N2Si2. The van der Waals surface area contributed by atoms with Gasteiger partial charge in [-0.05, 0) is 89.5 Å². The van der Waals surface area contributed by atoms with Crippen LogP contribution >= 0.6 is 0 Å². The fourth-order valence-corrected chi connectivity index (χ4v) is 24.7. The Morgan fingerprint density at radius 1 is 0.243 bits per heavy atom. The maximum atomic E-state index is 2.59. The van der Waals surface area contributed by atoms with Crippen molar-refractivity contribution in [2.75, 3.05) is 0 Å². The van der Waals surface area contributed by atoms with Gasteiger partial charge in [0.25, 0.3) is 0 Å². The van der Waals surface area contributed by atoms with Crippen molar-refractivity contribution in [3.63, 3.8) is 0 Å². The summed E-state index contributed by atoms with van der Waals surface area (Å²) in [6.07, 6.45) is 0. The van der Waals surface area contributed by atoms with Crippen LogP contribution in [0.15, 0.2) is 279 Å². The second-order valence-corrected chi connectivity index (χ2v) is 26.2. The summed E-state index contributed by atoms with van der Waals surface area (Å²) in [4.78, 5) is 0. The van der Waals surface area contributed by atoms with Gasteiger partial charge in [-0.15, -0.1) is 0 Å². The molecule has 0 radical (unpaired) electrons. The molecule has 0 fully saturated rings. The number of nitrogens with zero attached hydrogens (tertiary/aromatic N) is 2. The van der Waals surface area contributed by atoms with E-state index in [1.165, 1.54) is 102 Å². The van der Waals surface area contributed by atoms with Crippen LogP contribution in [-0.4, -0.2) is 25.3 Å². The molecule has 0 amide bonds.